The number of nitrogens with one attached hydrogen (secondary N) is 1. The van der Waals surface area contributed by atoms with E-state index in [0.717, 1.165) is 33.1 Å². The molecular formula is C64H38B6N6. The van der Waals surface area contributed by atoms with Gasteiger partial charge in [-0.15, -0.1) is 0 Å². The van der Waals surface area contributed by atoms with Gasteiger partial charge in [-0.2, -0.15) is 0 Å². The highest BCUT2D eigenvalue weighted by molar-refractivity contribution is 7.05. The number of nitrogens with zero attached hydrogens (tertiary/aromatic N) is 5. The Kier molecular flexibility index (Phi) is 6.20. The van der Waals surface area contributed by atoms with Gasteiger partial charge in [0, 0.05) is 121 Å². The van der Waals surface area contributed by atoms with Crippen LogP contribution < -0.4 is 101 Å². The van der Waals surface area contributed by atoms with E-state index in [0.29, 0.717) is 0 Å². The summed E-state index contributed by atoms with van der Waals surface area (Å²) >= 11 is 0. The maximum Gasteiger partial charge on any atom is 0.252 e. The largest absolute Gasteiger partial charge is 0.384 e. The molecular weight excluding hydrogens is 918 g/mol. The van der Waals surface area contributed by atoms with Crippen LogP contribution in [-0.4, -0.2) is 66.6 Å². The highest BCUT2D eigenvalue weighted by Gasteiger charge is 2.57. The molecule has 0 saturated heterocycles. The molecule has 11 aromatic carbocycles. The summed E-state index contributed by atoms with van der Waals surface area (Å²) in [5.41, 5.74) is 37.1. The Labute approximate surface area is 441 Å². The molecule has 11 heterocycles. The van der Waals surface area contributed by atoms with Gasteiger partial charge in [0.15, 0.2) is 7.28 Å². The van der Waals surface area contributed by atoms with Crippen LogP contribution in [0.5, 0.6) is 0 Å². The summed E-state index contributed by atoms with van der Waals surface area (Å²) in [4.78, 5) is 14.0. The topological polar surface area (TPSA) is 28.2 Å². The molecule has 12 heteroatoms. The first-order valence-corrected chi connectivity index (χ1v) is 27.8. The van der Waals surface area contributed by atoms with Gasteiger partial charge in [0.25, 0.3) is 13.4 Å². The molecule has 342 valence electrons. The van der Waals surface area contributed by atoms with Crippen LogP contribution in [0.25, 0.3) is 32.3 Å². The highest BCUT2D eigenvalue weighted by Crippen LogP contribution is 2.56. The van der Waals surface area contributed by atoms with Gasteiger partial charge in [0.2, 0.25) is 20.1 Å². The minimum Gasteiger partial charge on any atom is -0.384 e. The average Bonchev–Trinajstić information content (AvgIpc) is 2.49. The smallest absolute Gasteiger partial charge is 0.252 e. The third-order valence-corrected chi connectivity index (χ3v) is 20.8. The maximum absolute atomic E-state index is 4.40. The van der Waals surface area contributed by atoms with E-state index in [1.807, 2.05) is 0 Å². The second-order valence-corrected chi connectivity index (χ2v) is 23.6. The number of anilines is 13. The fraction of sp³-hybridized carbons (Fsp3) is 0.0625. The van der Waals surface area contributed by atoms with Crippen molar-refractivity contribution < 1.29 is 0 Å². The summed E-state index contributed by atoms with van der Waals surface area (Å²) in [6.07, 6.45) is 3.74. The van der Waals surface area contributed by atoms with Crippen LogP contribution in [0.3, 0.4) is 0 Å². The van der Waals surface area contributed by atoms with E-state index < -0.39 is 0 Å². The second-order valence-electron chi connectivity index (χ2n) is 23.6. The molecule has 6 nitrogen and oxygen atoms in total. The van der Waals surface area contributed by atoms with Crippen LogP contribution in [0.2, 0.25) is 0 Å². The van der Waals surface area contributed by atoms with E-state index in [4.69, 9.17) is 0 Å². The average molecular weight is 956 g/mol. The van der Waals surface area contributed by atoms with Crippen LogP contribution in [-0.2, 0) is 0 Å². The van der Waals surface area contributed by atoms with Gasteiger partial charge in [-0.1, -0.05) is 133 Å². The standard InChI is InChI=1S/C64H38B6N6/c1-8-22-40-33(15-1)69-38-20-6-13-27-45(38)75-44-26-12-4-18-36(44)68-32-74-41-23-9-2-16-34(41)66-30-72-31-67-35-17-3-11-25-43(35)76-46-28-14-7-21-39(46)70-37-19-5-10-24-42(37)73-29-65-53-47-48-51(55(68)63(75)57(69)59(48)71-40)62(74)54(66)50(47)60(72)52-49(53)61(73)58(70)64(76)56(52)67/h1-28,65,71H,29-32H2. The van der Waals surface area contributed by atoms with Crippen LogP contribution in [0, 0.1) is 0 Å². The van der Waals surface area contributed by atoms with Gasteiger partial charge >= 0.3 is 0 Å². The minimum absolute atomic E-state index is 0.0795. The Balaban J connectivity index is 1.01. The lowest BCUT2D eigenvalue weighted by atomic mass is 9.28. The molecule has 11 aliphatic rings. The van der Waals surface area contributed by atoms with Gasteiger partial charge in [0.05, 0.1) is 5.69 Å². The van der Waals surface area contributed by atoms with Crippen LogP contribution >= 0.6 is 0 Å². The quantitative estimate of drug-likeness (QED) is 0.142. The lowest BCUT2D eigenvalue weighted by Gasteiger charge is -2.55. The molecule has 0 bridgehead atoms. The molecule has 0 radical (unpaired) electrons. The second kappa shape index (κ2) is 12.4. The van der Waals surface area contributed by atoms with E-state index in [2.05, 4.69) is 200 Å². The Morgan fingerprint density at radius 2 is 0.776 bits per heavy atom. The molecule has 22 rings (SSSR count). The molecule has 0 fully saturated rings. The molecule has 0 atom stereocenters. The number of rotatable bonds is 0. The van der Waals surface area contributed by atoms with Crippen molar-refractivity contribution in [1.82, 2.24) is 0 Å². The zero-order valence-electron chi connectivity index (χ0n) is 41.3. The molecule has 11 aliphatic heterocycles. The Morgan fingerprint density at radius 3 is 1.42 bits per heavy atom. The van der Waals surface area contributed by atoms with Crippen molar-refractivity contribution in [3.05, 3.63) is 170 Å². The molecule has 0 saturated carbocycles. The van der Waals surface area contributed by atoms with Crippen LogP contribution in [0.4, 0.5) is 73.9 Å². The lowest BCUT2D eigenvalue weighted by molar-refractivity contribution is 1.03. The Morgan fingerprint density at radius 1 is 0.342 bits per heavy atom. The van der Waals surface area contributed by atoms with E-state index in [9.17, 15) is 0 Å². The molecule has 0 aliphatic carbocycles. The maximum atomic E-state index is 4.40. The Bertz CT molecular complexity index is 4790. The number of benzene rings is 11. The summed E-state index contributed by atoms with van der Waals surface area (Å²) in [7, 11) is 0.963. The van der Waals surface area contributed by atoms with Crippen LogP contribution in [0.1, 0.15) is 0 Å². The van der Waals surface area contributed by atoms with Crippen molar-refractivity contribution in [3.8, 4) is 0 Å². The summed E-state index contributed by atoms with van der Waals surface area (Å²) in [5.74, 6) is 0. The van der Waals surface area contributed by atoms with Crippen molar-refractivity contribution in [3.63, 3.8) is 0 Å². The fourth-order valence-electron chi connectivity index (χ4n) is 18.5. The highest BCUT2D eigenvalue weighted by atomic mass is 15.2. The van der Waals surface area contributed by atoms with Crippen molar-refractivity contribution in [1.29, 1.82) is 0 Å². The molecule has 76 heavy (non-hydrogen) atoms. The van der Waals surface area contributed by atoms with Gasteiger partial charge < -0.3 is 29.8 Å². The number of hydrogen-bond donors (Lipinski definition) is 1. The monoisotopic (exact) mass is 956 g/mol. The summed E-state index contributed by atoms with van der Waals surface area (Å²) in [6, 6.07) is 66.0. The van der Waals surface area contributed by atoms with E-state index in [1.165, 1.54) is 161 Å². The zero-order valence-corrected chi connectivity index (χ0v) is 41.3. The first-order chi connectivity index (χ1) is 37.8. The van der Waals surface area contributed by atoms with Gasteiger partial charge in [-0.05, 0) is 113 Å². The number of hydrogen-bond acceptors (Lipinski definition) is 6. The molecule has 0 unspecified atom stereocenters. The Hall–Kier alpha value is -8.61. The first-order valence-electron chi connectivity index (χ1n) is 27.8. The first kappa shape index (κ1) is 38.0. The molecule has 11 aromatic rings. The van der Waals surface area contributed by atoms with Crippen molar-refractivity contribution in [2.24, 2.45) is 0 Å². The van der Waals surface area contributed by atoms with Gasteiger partial charge in [-0.3, -0.25) is 0 Å². The van der Waals surface area contributed by atoms with E-state index in [-0.39, 0.29) is 33.6 Å². The molecule has 0 aromatic heterocycles. The van der Waals surface area contributed by atoms with E-state index in [1.54, 1.807) is 16.4 Å². The summed E-state index contributed by atoms with van der Waals surface area (Å²) in [5, 5.41) is 13.4. The molecule has 1 N–H and O–H groups in total. The fourth-order valence-corrected chi connectivity index (χ4v) is 18.5. The number of fused-ring (bicyclic) bond motifs is 23. The number of para-hydroxylation sites is 7. The minimum atomic E-state index is 0.0795. The predicted molar refractivity (Wildman–Crippen MR) is 328 cm³/mol. The normalized spacial score (nSPS) is 16.9. The SMILES string of the molecule is B1CN2c3ccccc3B3c4ccccc4N4c5ccccc5B5CN6CB7c8ccccc8N8CB9c%10ccccc%10N%10c%11ccccc%11B%11c%12ccccc%12Nc%12c%11c%10c9c9c8c7c7c6c6c5c4c3c2c6c1c7c%129. The summed E-state index contributed by atoms with van der Waals surface area (Å²) in [6.45, 7) is 0.816. The van der Waals surface area contributed by atoms with Gasteiger partial charge in [0.1, 0.15) is 0 Å². The zero-order chi connectivity index (χ0) is 48.3. The van der Waals surface area contributed by atoms with Crippen molar-refractivity contribution >= 4 is 218 Å². The van der Waals surface area contributed by atoms with Crippen molar-refractivity contribution in [2.45, 2.75) is 0 Å². The third kappa shape index (κ3) is 3.85. The third-order valence-electron chi connectivity index (χ3n) is 20.8. The molecule has 0 spiro atoms. The van der Waals surface area contributed by atoms with Gasteiger partial charge in [-0.25, -0.2) is 0 Å². The predicted octanol–water partition coefficient (Wildman–Crippen LogP) is 3.66. The summed E-state index contributed by atoms with van der Waals surface area (Å²) < 4.78 is 0. The molecule has 0 amide bonds. The van der Waals surface area contributed by atoms with Crippen LogP contribution in [0.15, 0.2) is 170 Å². The van der Waals surface area contributed by atoms with Crippen molar-refractivity contribution in [2.75, 3.05) is 55.6 Å². The van der Waals surface area contributed by atoms with E-state index >= 15 is 0 Å². The lowest BCUT2D eigenvalue weighted by Crippen LogP contribution is -2.71.